The van der Waals surface area contributed by atoms with Crippen LogP contribution in [0, 0.1) is 5.82 Å². The van der Waals surface area contributed by atoms with E-state index in [-0.39, 0.29) is 11.7 Å². The second-order valence-corrected chi connectivity index (χ2v) is 9.93. The van der Waals surface area contributed by atoms with Gasteiger partial charge in [-0.2, -0.15) is 0 Å². The van der Waals surface area contributed by atoms with Gasteiger partial charge >= 0.3 is 0 Å². The first kappa shape index (κ1) is 21.1. The van der Waals surface area contributed by atoms with Crippen molar-refractivity contribution in [2.24, 2.45) is 0 Å². The number of amides is 1. The average molecular weight is 459 g/mol. The van der Waals surface area contributed by atoms with E-state index in [0.717, 1.165) is 11.1 Å². The molecule has 1 amide bonds. The summed E-state index contributed by atoms with van der Waals surface area (Å²) in [6.07, 6.45) is 1.12. The summed E-state index contributed by atoms with van der Waals surface area (Å²) in [5, 5.41) is 5.05. The first-order valence-electron chi connectivity index (χ1n) is 9.27. The van der Waals surface area contributed by atoms with Crippen LogP contribution in [-0.2, 0) is 10.0 Å². The predicted octanol–water partition coefficient (Wildman–Crippen LogP) is 4.72. The lowest BCUT2D eigenvalue weighted by molar-refractivity contribution is 0.0964. The topological polar surface area (TPSA) is 79.6 Å². The average Bonchev–Trinajstić information content (AvgIpc) is 3.39. The fourth-order valence-electron chi connectivity index (χ4n) is 3.36. The number of hydrogen-bond acceptors (Lipinski definition) is 5. The minimum absolute atomic E-state index is 0.283. The Morgan fingerprint density at radius 2 is 1.87 bits per heavy atom. The lowest BCUT2D eigenvalue weighted by atomic mass is 10.0. The van der Waals surface area contributed by atoms with Crippen LogP contribution in [0.25, 0.3) is 32.7 Å². The van der Waals surface area contributed by atoms with Crippen molar-refractivity contribution in [3.63, 3.8) is 0 Å². The lowest BCUT2D eigenvalue weighted by Crippen LogP contribution is -2.25. The fraction of sp³-hybridized carbons (Fsp3) is 0.136. The molecule has 0 aliphatic heterocycles. The third-order valence-electron chi connectivity index (χ3n) is 4.99. The van der Waals surface area contributed by atoms with E-state index < -0.39 is 15.8 Å². The highest BCUT2D eigenvalue weighted by atomic mass is 32.2. The van der Waals surface area contributed by atoms with Crippen LogP contribution < -0.4 is 9.62 Å². The molecule has 4 rings (SSSR count). The summed E-state index contributed by atoms with van der Waals surface area (Å²) in [6.45, 7) is 0. The van der Waals surface area contributed by atoms with E-state index in [4.69, 9.17) is 4.42 Å². The summed E-state index contributed by atoms with van der Waals surface area (Å²) in [5.74, 6) is -0.483. The second kappa shape index (κ2) is 7.82. The Morgan fingerprint density at radius 3 is 2.45 bits per heavy atom. The SMILES string of the molecule is CNC(=O)c1c(-c2ccc(F)cc2)oc2cc(N(C)S(C)(=O)=O)c(-c3cccs3)cc12. The van der Waals surface area contributed by atoms with E-state index in [0.29, 0.717) is 33.3 Å². The van der Waals surface area contributed by atoms with Gasteiger partial charge in [-0.3, -0.25) is 9.10 Å². The minimum Gasteiger partial charge on any atom is -0.455 e. The zero-order chi connectivity index (χ0) is 22.3. The van der Waals surface area contributed by atoms with E-state index in [9.17, 15) is 17.6 Å². The number of nitrogens with one attached hydrogen (secondary N) is 1. The minimum atomic E-state index is -3.54. The van der Waals surface area contributed by atoms with Crippen LogP contribution in [0.4, 0.5) is 10.1 Å². The van der Waals surface area contributed by atoms with Crippen LogP contribution >= 0.6 is 11.3 Å². The molecule has 6 nitrogen and oxygen atoms in total. The maximum Gasteiger partial charge on any atom is 0.255 e. The van der Waals surface area contributed by atoms with E-state index in [2.05, 4.69) is 5.32 Å². The van der Waals surface area contributed by atoms with Crippen LogP contribution in [0.5, 0.6) is 0 Å². The molecule has 0 spiro atoms. The summed E-state index contributed by atoms with van der Waals surface area (Å²) in [6, 6.07) is 12.8. The Morgan fingerprint density at radius 1 is 1.16 bits per heavy atom. The quantitative estimate of drug-likeness (QED) is 0.469. The van der Waals surface area contributed by atoms with Crippen molar-refractivity contribution in [3.8, 4) is 21.8 Å². The van der Waals surface area contributed by atoms with Gasteiger partial charge in [0.05, 0.1) is 17.5 Å². The molecule has 2 heterocycles. The number of rotatable bonds is 5. The summed E-state index contributed by atoms with van der Waals surface area (Å²) in [7, 11) is -0.559. The predicted molar refractivity (Wildman–Crippen MR) is 122 cm³/mol. The standard InChI is InChI=1S/C22H19FN2O4S2/c1-24-22(26)20-16-11-15(19-5-4-10-30-19)17(25(2)31(3,27)28)12-18(16)29-21(20)13-6-8-14(23)9-7-13/h4-12H,1-3H3,(H,24,26). The number of carbonyl (C=O) groups excluding carboxylic acids is 1. The van der Waals surface area contributed by atoms with Crippen LogP contribution in [0.2, 0.25) is 0 Å². The molecule has 0 bridgehead atoms. The number of carbonyl (C=O) groups is 1. The molecule has 31 heavy (non-hydrogen) atoms. The normalized spacial score (nSPS) is 11.6. The van der Waals surface area contributed by atoms with Gasteiger partial charge in [0.2, 0.25) is 10.0 Å². The molecule has 0 aliphatic carbocycles. The molecular weight excluding hydrogens is 439 g/mol. The molecule has 1 N–H and O–H groups in total. The van der Waals surface area contributed by atoms with E-state index in [1.54, 1.807) is 12.1 Å². The molecule has 0 unspecified atom stereocenters. The van der Waals surface area contributed by atoms with Crippen LogP contribution in [0.3, 0.4) is 0 Å². The zero-order valence-electron chi connectivity index (χ0n) is 17.0. The molecule has 160 valence electrons. The van der Waals surface area contributed by atoms with Crippen LogP contribution in [0.1, 0.15) is 10.4 Å². The Labute approximate surface area is 183 Å². The maximum atomic E-state index is 13.4. The van der Waals surface area contributed by atoms with Crippen molar-refractivity contribution in [3.05, 3.63) is 65.3 Å². The molecule has 9 heteroatoms. The third-order valence-corrected chi connectivity index (χ3v) is 7.08. The van der Waals surface area contributed by atoms with Gasteiger partial charge in [0.1, 0.15) is 17.2 Å². The summed E-state index contributed by atoms with van der Waals surface area (Å²) >= 11 is 1.46. The number of nitrogens with zero attached hydrogens (tertiary/aromatic N) is 1. The summed E-state index contributed by atoms with van der Waals surface area (Å²) < 4.78 is 45.2. The van der Waals surface area contributed by atoms with E-state index in [1.807, 2.05) is 17.5 Å². The number of fused-ring (bicyclic) bond motifs is 1. The Balaban J connectivity index is 2.07. The molecule has 0 saturated heterocycles. The summed E-state index contributed by atoms with van der Waals surface area (Å²) in [4.78, 5) is 13.6. The van der Waals surface area contributed by atoms with Gasteiger partial charge in [-0.1, -0.05) is 6.07 Å². The van der Waals surface area contributed by atoms with Gasteiger partial charge in [-0.15, -0.1) is 11.3 Å². The zero-order valence-corrected chi connectivity index (χ0v) is 18.6. The number of benzene rings is 2. The largest absolute Gasteiger partial charge is 0.455 e. The van der Waals surface area contributed by atoms with Crippen molar-refractivity contribution in [1.82, 2.24) is 5.32 Å². The molecule has 0 saturated carbocycles. The fourth-order valence-corrected chi connectivity index (χ4v) is 4.62. The number of halogens is 1. The number of anilines is 1. The third kappa shape index (κ3) is 3.82. The molecular formula is C22H19FN2O4S2. The maximum absolute atomic E-state index is 13.4. The van der Waals surface area contributed by atoms with Gasteiger partial charge < -0.3 is 9.73 Å². The first-order chi connectivity index (χ1) is 14.7. The summed E-state index contributed by atoms with van der Waals surface area (Å²) in [5.41, 5.74) is 2.28. The molecule has 0 aliphatic rings. The highest BCUT2D eigenvalue weighted by Crippen LogP contribution is 2.42. The number of sulfonamides is 1. The Kier molecular flexibility index (Phi) is 5.32. The molecule has 0 radical (unpaired) electrons. The molecule has 4 aromatic rings. The molecule has 2 aromatic heterocycles. The van der Waals surface area contributed by atoms with Crippen LogP contribution in [0.15, 0.2) is 58.3 Å². The molecule has 2 aromatic carbocycles. The number of thiophene rings is 1. The van der Waals surface area contributed by atoms with Crippen LogP contribution in [-0.4, -0.2) is 34.7 Å². The molecule has 0 fully saturated rings. The van der Waals surface area contributed by atoms with Crippen molar-refractivity contribution in [2.75, 3.05) is 24.7 Å². The Bertz CT molecular complexity index is 1380. The highest BCUT2D eigenvalue weighted by molar-refractivity contribution is 7.92. The van der Waals surface area contributed by atoms with E-state index >= 15 is 0 Å². The number of hydrogen-bond donors (Lipinski definition) is 1. The highest BCUT2D eigenvalue weighted by Gasteiger charge is 2.26. The van der Waals surface area contributed by atoms with Gasteiger partial charge in [0.15, 0.2) is 0 Å². The second-order valence-electron chi connectivity index (χ2n) is 6.97. The molecule has 0 atom stereocenters. The van der Waals surface area contributed by atoms with Gasteiger partial charge in [0.25, 0.3) is 5.91 Å². The van der Waals surface area contributed by atoms with Gasteiger partial charge in [-0.25, -0.2) is 12.8 Å². The van der Waals surface area contributed by atoms with E-state index in [1.165, 1.54) is 54.0 Å². The Hall–Kier alpha value is -3.17. The van der Waals surface area contributed by atoms with Crippen molar-refractivity contribution < 1.29 is 22.0 Å². The smallest absolute Gasteiger partial charge is 0.255 e. The lowest BCUT2D eigenvalue weighted by Gasteiger charge is -2.20. The first-order valence-corrected chi connectivity index (χ1v) is 12.0. The van der Waals surface area contributed by atoms with Gasteiger partial charge in [0, 0.05) is 41.6 Å². The van der Waals surface area contributed by atoms with Crippen molar-refractivity contribution in [1.29, 1.82) is 0 Å². The number of furan rings is 1. The van der Waals surface area contributed by atoms with Crippen molar-refractivity contribution in [2.45, 2.75) is 0 Å². The van der Waals surface area contributed by atoms with Crippen molar-refractivity contribution >= 4 is 43.9 Å². The van der Waals surface area contributed by atoms with Gasteiger partial charge in [-0.05, 0) is 41.8 Å². The monoisotopic (exact) mass is 458 g/mol.